The quantitative estimate of drug-likeness (QED) is 0.772. The van der Waals surface area contributed by atoms with Crippen LogP contribution in [0.2, 0.25) is 0 Å². The zero-order valence-corrected chi connectivity index (χ0v) is 12.4. The van der Waals surface area contributed by atoms with E-state index in [0.29, 0.717) is 12.5 Å². The maximum atomic E-state index is 12.1. The second-order valence-electron chi connectivity index (χ2n) is 4.77. The smallest absolute Gasteiger partial charge is 0.240 e. The molecule has 0 saturated carbocycles. The average molecular weight is 285 g/mol. The molecule has 1 aromatic carbocycles. The van der Waals surface area contributed by atoms with Gasteiger partial charge >= 0.3 is 0 Å². The van der Waals surface area contributed by atoms with Crippen LogP contribution in [0, 0.1) is 5.92 Å². The molecule has 108 valence electrons. The number of aromatic hydroxyl groups is 1. The molecule has 4 nitrogen and oxygen atoms in total. The number of hydrogen-bond acceptors (Lipinski definition) is 3. The van der Waals surface area contributed by atoms with Gasteiger partial charge in [0.15, 0.2) is 0 Å². The lowest BCUT2D eigenvalue weighted by molar-refractivity contribution is 0.443. The van der Waals surface area contributed by atoms with E-state index >= 15 is 0 Å². The summed E-state index contributed by atoms with van der Waals surface area (Å²) in [5.74, 6) is 0.327. The highest BCUT2D eigenvalue weighted by Gasteiger charge is 2.16. The van der Waals surface area contributed by atoms with E-state index in [-0.39, 0.29) is 10.6 Å². The molecule has 1 rings (SSSR count). The van der Waals surface area contributed by atoms with Gasteiger partial charge in [-0.15, -0.1) is 0 Å². The number of phenolic OH excluding ortho intramolecular Hbond substituents is 1. The Bertz CT molecular complexity index is 485. The van der Waals surface area contributed by atoms with Crippen molar-refractivity contribution >= 4 is 10.0 Å². The van der Waals surface area contributed by atoms with Crippen molar-refractivity contribution in [3.8, 4) is 5.75 Å². The van der Waals surface area contributed by atoms with E-state index in [1.807, 2.05) is 0 Å². The molecule has 1 unspecified atom stereocenters. The Morgan fingerprint density at radius 3 is 2.63 bits per heavy atom. The van der Waals surface area contributed by atoms with E-state index < -0.39 is 10.0 Å². The number of hydrogen-bond donors (Lipinski definition) is 2. The van der Waals surface area contributed by atoms with Crippen LogP contribution >= 0.6 is 0 Å². The average Bonchev–Trinajstić information content (AvgIpc) is 2.39. The van der Waals surface area contributed by atoms with E-state index in [1.165, 1.54) is 24.3 Å². The third-order valence-electron chi connectivity index (χ3n) is 3.23. The molecule has 0 aromatic heterocycles. The van der Waals surface area contributed by atoms with Gasteiger partial charge in [-0.05, 0) is 30.5 Å². The normalized spacial score (nSPS) is 13.4. The molecule has 0 amide bonds. The van der Waals surface area contributed by atoms with Crippen molar-refractivity contribution in [2.45, 2.75) is 44.4 Å². The van der Waals surface area contributed by atoms with Crippen LogP contribution in [0.15, 0.2) is 29.2 Å². The van der Waals surface area contributed by atoms with Gasteiger partial charge in [0.2, 0.25) is 10.0 Å². The van der Waals surface area contributed by atoms with Crippen LogP contribution in [0.3, 0.4) is 0 Å². The van der Waals surface area contributed by atoms with E-state index in [4.69, 9.17) is 0 Å². The van der Waals surface area contributed by atoms with Gasteiger partial charge in [0.25, 0.3) is 0 Å². The van der Waals surface area contributed by atoms with Crippen LogP contribution in [0.25, 0.3) is 0 Å². The molecule has 0 radical (unpaired) electrons. The predicted octanol–water partition coefficient (Wildman–Crippen LogP) is 2.89. The van der Waals surface area contributed by atoms with Gasteiger partial charge in [0, 0.05) is 6.54 Å². The van der Waals surface area contributed by atoms with Gasteiger partial charge in [0.1, 0.15) is 5.75 Å². The minimum absolute atomic E-state index is 0.0408. The first-order valence-corrected chi connectivity index (χ1v) is 8.26. The SMILES string of the molecule is CCCCC(CC)CNS(=O)(=O)c1cccc(O)c1. The predicted molar refractivity (Wildman–Crippen MR) is 76.6 cm³/mol. The van der Waals surface area contributed by atoms with Crippen LogP contribution in [0.5, 0.6) is 5.75 Å². The van der Waals surface area contributed by atoms with Crippen LogP contribution < -0.4 is 4.72 Å². The summed E-state index contributed by atoms with van der Waals surface area (Å²) in [6.07, 6.45) is 4.24. The Morgan fingerprint density at radius 1 is 1.32 bits per heavy atom. The summed E-state index contributed by atoms with van der Waals surface area (Å²) >= 11 is 0. The first-order valence-electron chi connectivity index (χ1n) is 6.78. The Balaban J connectivity index is 2.64. The largest absolute Gasteiger partial charge is 0.508 e. The Labute approximate surface area is 115 Å². The molecule has 0 aliphatic rings. The third kappa shape index (κ3) is 5.20. The first kappa shape index (κ1) is 16.0. The topological polar surface area (TPSA) is 66.4 Å². The van der Waals surface area contributed by atoms with Gasteiger partial charge in [-0.3, -0.25) is 0 Å². The molecule has 0 heterocycles. The fraction of sp³-hybridized carbons (Fsp3) is 0.571. The highest BCUT2D eigenvalue weighted by Crippen LogP contribution is 2.17. The highest BCUT2D eigenvalue weighted by atomic mass is 32.2. The minimum atomic E-state index is -3.52. The van der Waals surface area contributed by atoms with Gasteiger partial charge in [-0.1, -0.05) is 39.2 Å². The first-order chi connectivity index (χ1) is 8.99. The van der Waals surface area contributed by atoms with Crippen LogP contribution in [-0.2, 0) is 10.0 Å². The molecule has 1 atom stereocenters. The van der Waals surface area contributed by atoms with Crippen molar-refractivity contribution in [1.29, 1.82) is 0 Å². The van der Waals surface area contributed by atoms with E-state index in [9.17, 15) is 13.5 Å². The number of phenols is 1. The molecule has 2 N–H and O–H groups in total. The standard InChI is InChI=1S/C14H23NO3S/c1-3-5-7-12(4-2)11-15-19(17,18)14-9-6-8-13(16)10-14/h6,8-10,12,15-16H,3-5,7,11H2,1-2H3. The summed E-state index contributed by atoms with van der Waals surface area (Å²) < 4.78 is 26.7. The van der Waals surface area contributed by atoms with E-state index in [2.05, 4.69) is 18.6 Å². The highest BCUT2D eigenvalue weighted by molar-refractivity contribution is 7.89. The lowest BCUT2D eigenvalue weighted by atomic mass is 10.00. The lowest BCUT2D eigenvalue weighted by Gasteiger charge is -2.15. The lowest BCUT2D eigenvalue weighted by Crippen LogP contribution is -2.29. The van der Waals surface area contributed by atoms with Crippen LogP contribution in [-0.4, -0.2) is 20.1 Å². The molecule has 0 saturated heterocycles. The third-order valence-corrected chi connectivity index (χ3v) is 4.65. The maximum absolute atomic E-state index is 12.1. The molecule has 1 aromatic rings. The molecule has 0 aliphatic carbocycles. The molecular weight excluding hydrogens is 262 g/mol. The Hall–Kier alpha value is -1.07. The second-order valence-corrected chi connectivity index (χ2v) is 6.53. The molecule has 0 bridgehead atoms. The zero-order valence-electron chi connectivity index (χ0n) is 11.6. The van der Waals surface area contributed by atoms with Crippen molar-refractivity contribution in [2.75, 3.05) is 6.54 Å². The fourth-order valence-corrected chi connectivity index (χ4v) is 3.06. The number of rotatable bonds is 8. The summed E-state index contributed by atoms with van der Waals surface area (Å²) in [4.78, 5) is 0.109. The Morgan fingerprint density at radius 2 is 2.05 bits per heavy atom. The number of nitrogens with one attached hydrogen (secondary N) is 1. The summed E-state index contributed by atoms with van der Waals surface area (Å²) in [7, 11) is -3.52. The number of unbranched alkanes of at least 4 members (excludes halogenated alkanes) is 1. The summed E-state index contributed by atoms with van der Waals surface area (Å²) in [6, 6.07) is 5.72. The molecular formula is C14H23NO3S. The number of benzene rings is 1. The molecule has 19 heavy (non-hydrogen) atoms. The van der Waals surface area contributed by atoms with Crippen molar-refractivity contribution in [3.63, 3.8) is 0 Å². The van der Waals surface area contributed by atoms with Crippen molar-refractivity contribution < 1.29 is 13.5 Å². The van der Waals surface area contributed by atoms with Gasteiger partial charge in [-0.2, -0.15) is 0 Å². The molecule has 0 spiro atoms. The summed E-state index contributed by atoms with van der Waals surface area (Å²) in [6.45, 7) is 4.65. The van der Waals surface area contributed by atoms with Crippen molar-refractivity contribution in [2.24, 2.45) is 5.92 Å². The van der Waals surface area contributed by atoms with Gasteiger partial charge in [0.05, 0.1) is 4.90 Å². The Kier molecular flexibility index (Phi) is 6.31. The van der Waals surface area contributed by atoms with E-state index in [1.54, 1.807) is 0 Å². The summed E-state index contributed by atoms with van der Waals surface area (Å²) in [5, 5.41) is 9.32. The van der Waals surface area contributed by atoms with Crippen LogP contribution in [0.4, 0.5) is 0 Å². The van der Waals surface area contributed by atoms with Gasteiger partial charge in [-0.25, -0.2) is 13.1 Å². The number of sulfonamides is 1. The molecule has 0 fully saturated rings. The molecule has 0 aliphatic heterocycles. The maximum Gasteiger partial charge on any atom is 0.240 e. The monoisotopic (exact) mass is 285 g/mol. The molecule has 5 heteroatoms. The van der Waals surface area contributed by atoms with Crippen LogP contribution in [0.1, 0.15) is 39.5 Å². The van der Waals surface area contributed by atoms with E-state index in [0.717, 1.165) is 25.7 Å². The van der Waals surface area contributed by atoms with Gasteiger partial charge < -0.3 is 5.11 Å². The van der Waals surface area contributed by atoms with Crippen molar-refractivity contribution in [3.05, 3.63) is 24.3 Å². The second kappa shape index (κ2) is 7.50. The fourth-order valence-electron chi connectivity index (χ4n) is 1.90. The van der Waals surface area contributed by atoms with Crippen molar-refractivity contribution in [1.82, 2.24) is 4.72 Å². The summed E-state index contributed by atoms with van der Waals surface area (Å²) in [5.41, 5.74) is 0. The minimum Gasteiger partial charge on any atom is -0.508 e. The zero-order chi connectivity index (χ0) is 14.3.